The summed E-state index contributed by atoms with van der Waals surface area (Å²) in [6.45, 7) is 1.37. The Morgan fingerprint density at radius 2 is 2.19 bits per heavy atom. The number of carbonyl (C=O) groups excluding carboxylic acids is 3. The lowest BCUT2D eigenvalue weighted by atomic mass is 10.1. The fourth-order valence-corrected chi connectivity index (χ4v) is 2.16. The lowest BCUT2D eigenvalue weighted by molar-refractivity contribution is -0.142. The first kappa shape index (κ1) is 14.8. The number of imide groups is 1. The molecule has 1 fully saturated rings. The number of hydrogen-bond donors (Lipinski definition) is 2. The van der Waals surface area contributed by atoms with Gasteiger partial charge < -0.3 is 15.8 Å². The van der Waals surface area contributed by atoms with E-state index in [1.807, 2.05) is 0 Å². The first-order valence-corrected chi connectivity index (χ1v) is 6.50. The number of nitrogens with zero attached hydrogens (tertiary/aromatic N) is 1. The Hall–Kier alpha value is -2.57. The van der Waals surface area contributed by atoms with E-state index in [9.17, 15) is 14.4 Å². The Bertz CT molecular complexity index is 600. The highest BCUT2D eigenvalue weighted by Crippen LogP contribution is 2.26. The van der Waals surface area contributed by atoms with Gasteiger partial charge in [0.1, 0.15) is 12.3 Å². The standard InChI is InChI=1S/C14H17N3O4/c1-8-5-13(19)17(14(8)20)7-12(18)16-10-4-3-9(15)6-11(10)21-2/h3-4,6,8H,5,7,15H2,1-2H3,(H,16,18). The van der Waals surface area contributed by atoms with Crippen molar-refractivity contribution in [1.29, 1.82) is 0 Å². The highest BCUT2D eigenvalue weighted by molar-refractivity contribution is 6.07. The molecule has 0 radical (unpaired) electrons. The van der Waals surface area contributed by atoms with Crippen molar-refractivity contribution in [3.8, 4) is 5.75 Å². The third-order valence-electron chi connectivity index (χ3n) is 3.27. The van der Waals surface area contributed by atoms with Gasteiger partial charge >= 0.3 is 0 Å². The van der Waals surface area contributed by atoms with E-state index in [1.165, 1.54) is 7.11 Å². The zero-order valence-corrected chi connectivity index (χ0v) is 11.9. The van der Waals surface area contributed by atoms with Crippen LogP contribution in [0.1, 0.15) is 13.3 Å². The monoisotopic (exact) mass is 291 g/mol. The van der Waals surface area contributed by atoms with Gasteiger partial charge in [-0.25, -0.2) is 0 Å². The number of benzene rings is 1. The van der Waals surface area contributed by atoms with Crippen molar-refractivity contribution in [1.82, 2.24) is 4.90 Å². The molecule has 1 unspecified atom stereocenters. The summed E-state index contributed by atoms with van der Waals surface area (Å²) in [4.78, 5) is 36.3. The van der Waals surface area contributed by atoms with Crippen molar-refractivity contribution in [2.24, 2.45) is 5.92 Å². The van der Waals surface area contributed by atoms with Crippen LogP contribution in [0.4, 0.5) is 11.4 Å². The quantitative estimate of drug-likeness (QED) is 0.625. The zero-order valence-electron chi connectivity index (χ0n) is 11.9. The minimum absolute atomic E-state index is 0.150. The fourth-order valence-electron chi connectivity index (χ4n) is 2.16. The topological polar surface area (TPSA) is 102 Å². The smallest absolute Gasteiger partial charge is 0.244 e. The number of rotatable bonds is 4. The molecule has 1 atom stereocenters. The van der Waals surface area contributed by atoms with Gasteiger partial charge in [0.05, 0.1) is 12.8 Å². The third kappa shape index (κ3) is 3.13. The number of nitrogens with one attached hydrogen (secondary N) is 1. The van der Waals surface area contributed by atoms with E-state index in [4.69, 9.17) is 10.5 Å². The molecule has 0 spiro atoms. The lowest BCUT2D eigenvalue weighted by Crippen LogP contribution is -2.37. The molecule has 2 rings (SSSR count). The predicted molar refractivity (Wildman–Crippen MR) is 76.5 cm³/mol. The number of nitrogens with two attached hydrogens (primary N) is 1. The van der Waals surface area contributed by atoms with E-state index < -0.39 is 5.91 Å². The number of ether oxygens (including phenoxy) is 1. The normalized spacial score (nSPS) is 18.0. The highest BCUT2D eigenvalue weighted by Gasteiger charge is 2.36. The average molecular weight is 291 g/mol. The molecule has 1 aromatic carbocycles. The van der Waals surface area contributed by atoms with E-state index >= 15 is 0 Å². The molecule has 1 aliphatic heterocycles. The van der Waals surface area contributed by atoms with Crippen molar-refractivity contribution in [2.75, 3.05) is 24.7 Å². The van der Waals surface area contributed by atoms with Crippen molar-refractivity contribution >= 4 is 29.1 Å². The predicted octanol–water partition coefficient (Wildman–Crippen LogP) is 0.611. The van der Waals surface area contributed by atoms with Crippen molar-refractivity contribution in [2.45, 2.75) is 13.3 Å². The van der Waals surface area contributed by atoms with E-state index in [2.05, 4.69) is 5.32 Å². The van der Waals surface area contributed by atoms with Crippen LogP contribution in [-0.4, -0.2) is 36.3 Å². The summed E-state index contributed by atoms with van der Waals surface area (Å²) in [7, 11) is 1.46. The van der Waals surface area contributed by atoms with Crippen molar-refractivity contribution in [3.63, 3.8) is 0 Å². The van der Waals surface area contributed by atoms with Crippen LogP contribution in [0.5, 0.6) is 5.75 Å². The molecule has 7 nitrogen and oxygen atoms in total. The minimum atomic E-state index is -0.464. The van der Waals surface area contributed by atoms with Gasteiger partial charge in [0.15, 0.2) is 0 Å². The first-order valence-electron chi connectivity index (χ1n) is 6.50. The maximum Gasteiger partial charge on any atom is 0.244 e. The number of carbonyl (C=O) groups is 3. The summed E-state index contributed by atoms with van der Waals surface area (Å²) in [5, 5.41) is 2.61. The van der Waals surface area contributed by atoms with Gasteiger partial charge in [-0.2, -0.15) is 0 Å². The molecule has 0 aliphatic carbocycles. The molecule has 3 N–H and O–H groups in total. The SMILES string of the molecule is COc1cc(N)ccc1NC(=O)CN1C(=O)CC(C)C1=O. The average Bonchev–Trinajstić information content (AvgIpc) is 2.67. The molecule has 1 aromatic rings. The Morgan fingerprint density at radius 1 is 1.48 bits per heavy atom. The van der Waals surface area contributed by atoms with Crippen LogP contribution in [0.15, 0.2) is 18.2 Å². The highest BCUT2D eigenvalue weighted by atomic mass is 16.5. The second-order valence-corrected chi connectivity index (χ2v) is 4.93. The second kappa shape index (κ2) is 5.82. The van der Waals surface area contributed by atoms with Crippen LogP contribution < -0.4 is 15.8 Å². The lowest BCUT2D eigenvalue weighted by Gasteiger charge is -2.15. The molecule has 0 saturated carbocycles. The third-order valence-corrected chi connectivity index (χ3v) is 3.27. The van der Waals surface area contributed by atoms with Gasteiger partial charge in [-0.15, -0.1) is 0 Å². The van der Waals surface area contributed by atoms with Gasteiger partial charge in [-0.1, -0.05) is 6.92 Å². The summed E-state index contributed by atoms with van der Waals surface area (Å²) in [6, 6.07) is 4.79. The van der Waals surface area contributed by atoms with Gasteiger partial charge in [-0.05, 0) is 12.1 Å². The van der Waals surface area contributed by atoms with E-state index in [-0.39, 0.29) is 30.7 Å². The molecule has 0 aromatic heterocycles. The fraction of sp³-hybridized carbons (Fsp3) is 0.357. The summed E-state index contributed by atoms with van der Waals surface area (Å²) in [6.07, 6.45) is 0.150. The summed E-state index contributed by atoms with van der Waals surface area (Å²) >= 11 is 0. The summed E-state index contributed by atoms with van der Waals surface area (Å²) in [5.41, 5.74) is 6.56. The maximum atomic E-state index is 12.0. The molecular weight excluding hydrogens is 274 g/mol. The van der Waals surface area contributed by atoms with Crippen LogP contribution in [-0.2, 0) is 14.4 Å². The van der Waals surface area contributed by atoms with Crippen LogP contribution in [0.25, 0.3) is 0 Å². The molecular formula is C14H17N3O4. The molecule has 112 valence electrons. The number of likely N-dealkylation sites (tertiary alicyclic amines) is 1. The molecule has 21 heavy (non-hydrogen) atoms. The van der Waals surface area contributed by atoms with Crippen molar-refractivity contribution < 1.29 is 19.1 Å². The van der Waals surface area contributed by atoms with Crippen LogP contribution in [0.3, 0.4) is 0 Å². The first-order chi connectivity index (χ1) is 9.92. The van der Waals surface area contributed by atoms with Gasteiger partial charge in [0.25, 0.3) is 0 Å². The number of methoxy groups -OCH3 is 1. The Morgan fingerprint density at radius 3 is 2.76 bits per heavy atom. The summed E-state index contributed by atoms with van der Waals surface area (Å²) < 4.78 is 5.11. The largest absolute Gasteiger partial charge is 0.494 e. The number of amides is 3. The number of anilines is 2. The van der Waals surface area contributed by atoms with Gasteiger partial charge in [-0.3, -0.25) is 19.3 Å². The maximum absolute atomic E-state index is 12.0. The molecule has 1 heterocycles. The number of nitrogen functional groups attached to an aromatic ring is 1. The molecule has 7 heteroatoms. The van der Waals surface area contributed by atoms with Crippen LogP contribution in [0.2, 0.25) is 0 Å². The molecule has 3 amide bonds. The summed E-state index contributed by atoms with van der Waals surface area (Å²) in [5.74, 6) is -1.06. The van der Waals surface area contributed by atoms with E-state index in [0.717, 1.165) is 4.90 Å². The van der Waals surface area contributed by atoms with Gasteiger partial charge in [0, 0.05) is 24.1 Å². The Labute approximate surface area is 122 Å². The Balaban J connectivity index is 2.06. The van der Waals surface area contributed by atoms with E-state index in [1.54, 1.807) is 25.1 Å². The minimum Gasteiger partial charge on any atom is -0.494 e. The molecule has 1 saturated heterocycles. The van der Waals surface area contributed by atoms with Crippen LogP contribution in [0, 0.1) is 5.92 Å². The van der Waals surface area contributed by atoms with E-state index in [0.29, 0.717) is 17.1 Å². The van der Waals surface area contributed by atoms with Crippen LogP contribution >= 0.6 is 0 Å². The van der Waals surface area contributed by atoms with Gasteiger partial charge in [0.2, 0.25) is 17.7 Å². The molecule has 1 aliphatic rings. The zero-order chi connectivity index (χ0) is 15.6. The molecule has 0 bridgehead atoms. The Kier molecular flexibility index (Phi) is 4.11. The van der Waals surface area contributed by atoms with Crippen molar-refractivity contribution in [3.05, 3.63) is 18.2 Å². The second-order valence-electron chi connectivity index (χ2n) is 4.93. The number of hydrogen-bond acceptors (Lipinski definition) is 5.